The van der Waals surface area contributed by atoms with Crippen LogP contribution in [0.25, 0.3) is 10.9 Å². The first-order chi connectivity index (χ1) is 8.46. The number of para-hydroxylation sites is 1. The van der Waals surface area contributed by atoms with E-state index in [1.165, 1.54) is 12.1 Å². The smallest absolute Gasteiger partial charge is 0.322 e. The fourth-order valence-corrected chi connectivity index (χ4v) is 2.14. The van der Waals surface area contributed by atoms with E-state index in [0.29, 0.717) is 11.9 Å². The number of benzene rings is 1. The molecule has 2 aromatic rings. The van der Waals surface area contributed by atoms with Crippen LogP contribution in [0.1, 0.15) is 5.56 Å². The predicted octanol–water partition coefficient (Wildman–Crippen LogP) is 1.76. The number of aromatic amines is 1. The molecule has 0 aliphatic carbocycles. The van der Waals surface area contributed by atoms with Crippen LogP contribution in [0.2, 0.25) is 0 Å². The first-order valence-corrected chi connectivity index (χ1v) is 6.98. The zero-order chi connectivity index (χ0) is 13.2. The Morgan fingerprint density at radius 2 is 2.00 bits per heavy atom. The normalized spacial score (nSPS) is 12.3. The third-order valence-electron chi connectivity index (χ3n) is 2.47. The minimum Gasteiger partial charge on any atom is -0.322 e. The highest BCUT2D eigenvalue weighted by Crippen LogP contribution is 2.36. The Morgan fingerprint density at radius 3 is 2.72 bits per heavy atom. The Hall–Kier alpha value is -1.68. The van der Waals surface area contributed by atoms with Crippen molar-refractivity contribution in [1.29, 1.82) is 0 Å². The van der Waals surface area contributed by atoms with E-state index in [4.69, 9.17) is 9.79 Å². The third kappa shape index (κ3) is 3.17. The van der Waals surface area contributed by atoms with Crippen LogP contribution in [0.3, 0.4) is 0 Å². The molecule has 0 spiro atoms. The zero-order valence-corrected chi connectivity index (χ0v) is 10.3. The molecule has 3 N–H and O–H groups in total. The van der Waals surface area contributed by atoms with Gasteiger partial charge in [-0.25, -0.2) is 0 Å². The molecule has 0 fully saturated rings. The summed E-state index contributed by atoms with van der Waals surface area (Å²) < 4.78 is 10.7. The molecule has 0 aliphatic rings. The van der Waals surface area contributed by atoms with Crippen LogP contribution in [0.5, 0.6) is 0 Å². The summed E-state index contributed by atoms with van der Waals surface area (Å²) in [6, 6.07) is 8.73. The third-order valence-corrected chi connectivity index (χ3v) is 3.07. The molecule has 6 heteroatoms. The van der Waals surface area contributed by atoms with E-state index in [1.807, 2.05) is 18.2 Å². The van der Waals surface area contributed by atoms with Gasteiger partial charge in [0.15, 0.2) is 0 Å². The lowest BCUT2D eigenvalue weighted by atomic mass is 10.1. The van der Waals surface area contributed by atoms with Crippen molar-refractivity contribution in [2.24, 2.45) is 0 Å². The molecule has 0 amide bonds. The maximum absolute atomic E-state index is 11.4. The van der Waals surface area contributed by atoms with Gasteiger partial charge in [0, 0.05) is 22.8 Å². The molecular weight excluding hydrogens is 253 g/mol. The summed E-state index contributed by atoms with van der Waals surface area (Å²) in [5.74, 6) is 0.850. The minimum atomic E-state index is -4.14. The molecule has 0 atom stereocenters. The number of fused-ring (bicyclic) bond motifs is 1. The van der Waals surface area contributed by atoms with E-state index in [0.717, 1.165) is 16.8 Å². The second-order valence-corrected chi connectivity index (χ2v) is 5.36. The van der Waals surface area contributed by atoms with Crippen molar-refractivity contribution >= 4 is 18.5 Å². The lowest BCUT2D eigenvalue weighted by Gasteiger charge is -2.03. The minimum absolute atomic E-state index is 0.228. The lowest BCUT2D eigenvalue weighted by molar-refractivity contribution is 0.386. The fourth-order valence-electron chi connectivity index (χ4n) is 1.76. The summed E-state index contributed by atoms with van der Waals surface area (Å²) in [5.41, 5.74) is 1.22. The second-order valence-electron chi connectivity index (χ2n) is 3.88. The number of hydrogen-bond acceptors (Lipinski definition) is 2. The molecule has 5 nitrogen and oxygen atoms in total. The molecule has 0 aliphatic heterocycles. The molecule has 0 saturated carbocycles. The average Bonchev–Trinajstić information content (AvgIpc) is 2.27. The second kappa shape index (κ2) is 4.90. The van der Waals surface area contributed by atoms with Crippen LogP contribution >= 0.6 is 7.60 Å². The molecule has 2 rings (SSSR count). The predicted molar refractivity (Wildman–Crippen MR) is 69.5 cm³/mol. The summed E-state index contributed by atoms with van der Waals surface area (Å²) >= 11 is 0. The van der Waals surface area contributed by atoms with Crippen molar-refractivity contribution in [2.75, 3.05) is 0 Å². The van der Waals surface area contributed by atoms with Crippen LogP contribution in [0, 0.1) is 0 Å². The topological polar surface area (TPSA) is 90.4 Å². The van der Waals surface area contributed by atoms with Gasteiger partial charge in [-0.3, -0.25) is 9.36 Å². The van der Waals surface area contributed by atoms with Gasteiger partial charge < -0.3 is 14.8 Å². The van der Waals surface area contributed by atoms with Gasteiger partial charge in [0.2, 0.25) is 5.56 Å². The summed E-state index contributed by atoms with van der Waals surface area (Å²) in [4.78, 5) is 31.6. The first kappa shape index (κ1) is 12.8. The monoisotopic (exact) mass is 265 g/mol. The highest BCUT2D eigenvalue weighted by Gasteiger charge is 2.06. The van der Waals surface area contributed by atoms with E-state index < -0.39 is 7.60 Å². The Kier molecular flexibility index (Phi) is 3.48. The van der Waals surface area contributed by atoms with E-state index in [9.17, 15) is 9.36 Å². The van der Waals surface area contributed by atoms with Gasteiger partial charge in [-0.2, -0.15) is 0 Å². The average molecular weight is 265 g/mol. The number of pyridine rings is 1. The van der Waals surface area contributed by atoms with Gasteiger partial charge in [0.05, 0.1) is 0 Å². The van der Waals surface area contributed by atoms with Crippen molar-refractivity contribution in [3.05, 3.63) is 58.1 Å². The molecule has 0 radical (unpaired) electrons. The molecule has 1 aromatic carbocycles. The van der Waals surface area contributed by atoms with Crippen molar-refractivity contribution < 1.29 is 14.4 Å². The lowest BCUT2D eigenvalue weighted by Crippen LogP contribution is -2.06. The maximum atomic E-state index is 11.4. The van der Waals surface area contributed by atoms with Crippen LogP contribution < -0.4 is 5.56 Å². The first-order valence-electron chi connectivity index (χ1n) is 5.29. The molecule has 94 valence electrons. The number of allylic oxidation sites excluding steroid dienone is 1. The summed E-state index contributed by atoms with van der Waals surface area (Å²) in [6.45, 7) is 0. The summed E-state index contributed by atoms with van der Waals surface area (Å²) in [7, 11) is -4.14. The van der Waals surface area contributed by atoms with E-state index in [-0.39, 0.29) is 5.56 Å². The number of hydrogen-bond donors (Lipinski definition) is 3. The van der Waals surface area contributed by atoms with Gasteiger partial charge in [-0.05, 0) is 18.1 Å². The Morgan fingerprint density at radius 1 is 1.28 bits per heavy atom. The van der Waals surface area contributed by atoms with Gasteiger partial charge in [0.25, 0.3) is 0 Å². The number of H-pyrrole nitrogens is 1. The van der Waals surface area contributed by atoms with Crippen LogP contribution in [0.4, 0.5) is 0 Å². The molecular formula is C12H12NO4P. The molecule has 18 heavy (non-hydrogen) atoms. The van der Waals surface area contributed by atoms with E-state index >= 15 is 0 Å². The Labute approximate surface area is 103 Å². The van der Waals surface area contributed by atoms with Crippen molar-refractivity contribution in [2.45, 2.75) is 6.42 Å². The standard InChI is InChI=1S/C12H12NO4P/c14-12-8-9(4-3-7-18(15,16)17)10-5-1-2-6-11(10)13-12/h1-3,5-8H,4H2,(H,13,14)(H2,15,16,17). The fraction of sp³-hybridized carbons (Fsp3) is 0.0833. The number of nitrogens with one attached hydrogen (secondary N) is 1. The molecule has 1 aromatic heterocycles. The number of rotatable bonds is 3. The molecule has 0 bridgehead atoms. The van der Waals surface area contributed by atoms with Gasteiger partial charge in [-0.15, -0.1) is 0 Å². The molecule has 0 saturated heterocycles. The van der Waals surface area contributed by atoms with Gasteiger partial charge in [0.1, 0.15) is 0 Å². The largest absolute Gasteiger partial charge is 0.348 e. The molecule has 0 unspecified atom stereocenters. The molecule has 1 heterocycles. The van der Waals surface area contributed by atoms with Crippen molar-refractivity contribution in [1.82, 2.24) is 4.98 Å². The number of aromatic nitrogens is 1. The van der Waals surface area contributed by atoms with Crippen molar-refractivity contribution in [3.8, 4) is 0 Å². The van der Waals surface area contributed by atoms with Crippen LogP contribution in [-0.4, -0.2) is 14.8 Å². The van der Waals surface area contributed by atoms with Crippen molar-refractivity contribution in [3.63, 3.8) is 0 Å². The Balaban J connectivity index is 2.42. The van der Waals surface area contributed by atoms with E-state index in [2.05, 4.69) is 4.98 Å². The van der Waals surface area contributed by atoms with Gasteiger partial charge >= 0.3 is 7.60 Å². The summed E-state index contributed by atoms with van der Waals surface area (Å²) in [5, 5.41) is 0.868. The SMILES string of the molecule is O=c1cc(CC=CP(=O)(O)O)c2ccccc2[nH]1. The zero-order valence-electron chi connectivity index (χ0n) is 9.41. The highest BCUT2D eigenvalue weighted by atomic mass is 31.2. The van der Waals surface area contributed by atoms with Gasteiger partial charge in [-0.1, -0.05) is 24.3 Å². The van der Waals surface area contributed by atoms with Crippen LogP contribution in [0.15, 0.2) is 47.0 Å². The van der Waals surface area contributed by atoms with Crippen LogP contribution in [-0.2, 0) is 11.0 Å². The Bertz CT molecular complexity index is 699. The maximum Gasteiger partial charge on any atom is 0.348 e. The van der Waals surface area contributed by atoms with E-state index in [1.54, 1.807) is 6.07 Å². The quantitative estimate of drug-likeness (QED) is 0.737. The summed E-state index contributed by atoms with van der Waals surface area (Å²) in [6.07, 6.45) is 1.68. The highest BCUT2D eigenvalue weighted by molar-refractivity contribution is 7.55.